The van der Waals surface area contributed by atoms with Crippen LogP contribution in [0.5, 0.6) is 0 Å². The van der Waals surface area contributed by atoms with Crippen molar-refractivity contribution in [3.8, 4) is 0 Å². The van der Waals surface area contributed by atoms with Crippen LogP contribution in [0.3, 0.4) is 0 Å². The van der Waals surface area contributed by atoms with E-state index in [9.17, 15) is 9.59 Å². The largest absolute Gasteiger partial charge is 0.444 e. The van der Waals surface area contributed by atoms with E-state index in [0.717, 1.165) is 31.2 Å². The van der Waals surface area contributed by atoms with Crippen LogP contribution >= 0.6 is 23.2 Å². The minimum atomic E-state index is -0.588. The number of carbonyl (C=O) groups is 2. The molecule has 2 amide bonds. The van der Waals surface area contributed by atoms with Crippen LogP contribution in [0, 0.1) is 0 Å². The summed E-state index contributed by atoms with van der Waals surface area (Å²) in [5.74, 6) is -0.0147. The van der Waals surface area contributed by atoms with Crippen molar-refractivity contribution in [1.29, 1.82) is 0 Å². The first-order valence-electron chi connectivity index (χ1n) is 9.90. The Morgan fingerprint density at radius 2 is 1.89 bits per heavy atom. The van der Waals surface area contributed by atoms with Crippen molar-refractivity contribution in [3.63, 3.8) is 0 Å². The molecule has 2 fully saturated rings. The second-order valence-corrected chi connectivity index (χ2v) is 9.46. The molecule has 1 saturated heterocycles. The summed E-state index contributed by atoms with van der Waals surface area (Å²) in [6.07, 6.45) is 4.03. The molecule has 1 saturated carbocycles. The third kappa shape index (κ3) is 5.32. The summed E-state index contributed by atoms with van der Waals surface area (Å²) in [5.41, 5.74) is 0.278. The number of benzene rings is 1. The Labute approximate surface area is 176 Å². The number of rotatable bonds is 4. The molecule has 5 nitrogen and oxygen atoms in total. The maximum absolute atomic E-state index is 13.5. The number of likely N-dealkylation sites (tertiary alicyclic amines) is 1. The summed E-state index contributed by atoms with van der Waals surface area (Å²) in [5, 5.41) is 1.13. The molecule has 7 heteroatoms. The number of halogens is 2. The Morgan fingerprint density at radius 3 is 2.50 bits per heavy atom. The van der Waals surface area contributed by atoms with E-state index in [1.807, 2.05) is 31.7 Å². The molecular formula is C21H28Cl2N2O3. The lowest BCUT2D eigenvalue weighted by Crippen LogP contribution is -2.54. The highest BCUT2D eigenvalue weighted by Gasteiger charge is 2.41. The van der Waals surface area contributed by atoms with E-state index in [4.69, 9.17) is 27.9 Å². The van der Waals surface area contributed by atoms with Gasteiger partial charge in [-0.05, 0) is 70.6 Å². The van der Waals surface area contributed by atoms with Crippen LogP contribution in [-0.4, -0.2) is 46.0 Å². The van der Waals surface area contributed by atoms with E-state index in [-0.39, 0.29) is 11.9 Å². The summed E-state index contributed by atoms with van der Waals surface area (Å²) >= 11 is 12.3. The van der Waals surface area contributed by atoms with Gasteiger partial charge in [-0.15, -0.1) is 0 Å². The van der Waals surface area contributed by atoms with Crippen molar-refractivity contribution in [2.24, 2.45) is 0 Å². The normalized spacial score (nSPS) is 20.0. The summed E-state index contributed by atoms with van der Waals surface area (Å²) < 4.78 is 5.54. The van der Waals surface area contributed by atoms with E-state index < -0.39 is 17.7 Å². The zero-order valence-corrected chi connectivity index (χ0v) is 18.2. The van der Waals surface area contributed by atoms with Crippen LogP contribution in [-0.2, 0) is 16.1 Å². The molecule has 1 aromatic rings. The van der Waals surface area contributed by atoms with Gasteiger partial charge in [0.05, 0.1) is 0 Å². The van der Waals surface area contributed by atoms with E-state index in [2.05, 4.69) is 0 Å². The molecule has 2 aliphatic rings. The number of carbonyl (C=O) groups excluding carboxylic acids is 2. The molecular weight excluding hydrogens is 399 g/mol. The van der Waals surface area contributed by atoms with Gasteiger partial charge in [-0.3, -0.25) is 9.69 Å². The number of piperidine rings is 1. The Bertz CT molecular complexity index is 744. The zero-order chi connectivity index (χ0) is 20.5. The fourth-order valence-corrected chi connectivity index (χ4v) is 3.99. The van der Waals surface area contributed by atoms with Crippen molar-refractivity contribution >= 4 is 35.2 Å². The molecule has 0 N–H and O–H groups in total. The lowest BCUT2D eigenvalue weighted by molar-refractivity contribution is -0.139. The Morgan fingerprint density at radius 1 is 1.18 bits per heavy atom. The molecule has 154 valence electrons. The van der Waals surface area contributed by atoms with Gasteiger partial charge in [-0.1, -0.05) is 29.3 Å². The van der Waals surface area contributed by atoms with E-state index in [0.29, 0.717) is 29.6 Å². The molecule has 28 heavy (non-hydrogen) atoms. The third-order valence-corrected chi connectivity index (χ3v) is 5.63. The average Bonchev–Trinajstić information content (AvgIpc) is 3.44. The van der Waals surface area contributed by atoms with Crippen molar-refractivity contribution in [3.05, 3.63) is 33.8 Å². The quantitative estimate of drug-likeness (QED) is 0.658. The smallest absolute Gasteiger partial charge is 0.410 e. The monoisotopic (exact) mass is 426 g/mol. The van der Waals surface area contributed by atoms with Crippen LogP contribution in [0.1, 0.15) is 58.4 Å². The van der Waals surface area contributed by atoms with Crippen molar-refractivity contribution in [2.45, 2.75) is 77.1 Å². The van der Waals surface area contributed by atoms with Crippen LogP contribution in [0.25, 0.3) is 0 Å². The lowest BCUT2D eigenvalue weighted by Gasteiger charge is -2.38. The summed E-state index contributed by atoms with van der Waals surface area (Å²) in [7, 11) is 0. The summed E-state index contributed by atoms with van der Waals surface area (Å²) in [4.78, 5) is 29.6. The van der Waals surface area contributed by atoms with Gasteiger partial charge in [-0.25, -0.2) is 4.79 Å². The molecule has 1 aromatic carbocycles. The Kier molecular flexibility index (Phi) is 6.45. The van der Waals surface area contributed by atoms with Crippen LogP contribution in [0.4, 0.5) is 4.79 Å². The first-order valence-corrected chi connectivity index (χ1v) is 10.7. The second kappa shape index (κ2) is 8.50. The van der Waals surface area contributed by atoms with Gasteiger partial charge >= 0.3 is 6.09 Å². The van der Waals surface area contributed by atoms with Crippen molar-refractivity contribution < 1.29 is 14.3 Å². The van der Waals surface area contributed by atoms with E-state index in [1.54, 1.807) is 17.0 Å². The highest BCUT2D eigenvalue weighted by atomic mass is 35.5. The lowest BCUT2D eigenvalue weighted by atomic mass is 10.0. The maximum Gasteiger partial charge on any atom is 0.410 e. The number of amides is 2. The van der Waals surface area contributed by atoms with E-state index >= 15 is 0 Å². The van der Waals surface area contributed by atoms with Gasteiger partial charge in [0.1, 0.15) is 11.6 Å². The Balaban J connectivity index is 1.78. The number of hydrogen-bond acceptors (Lipinski definition) is 3. The van der Waals surface area contributed by atoms with Gasteiger partial charge in [0.2, 0.25) is 5.91 Å². The average molecular weight is 427 g/mol. The van der Waals surface area contributed by atoms with Crippen LogP contribution in [0.15, 0.2) is 18.2 Å². The predicted molar refractivity (Wildman–Crippen MR) is 111 cm³/mol. The molecule has 1 heterocycles. The fourth-order valence-electron chi connectivity index (χ4n) is 3.53. The summed E-state index contributed by atoms with van der Waals surface area (Å²) in [6.45, 7) is 6.49. The van der Waals surface area contributed by atoms with Gasteiger partial charge < -0.3 is 9.64 Å². The molecule has 0 bridgehead atoms. The first-order chi connectivity index (χ1) is 13.2. The highest BCUT2D eigenvalue weighted by Crippen LogP contribution is 2.33. The SMILES string of the molecule is CC(C)(C)OC(=O)N1CCCC[C@H]1C(=O)N(Cc1ccc(Cl)cc1Cl)C1CC1. The number of ether oxygens (including phenoxy) is 1. The van der Waals surface area contributed by atoms with Crippen LogP contribution in [0.2, 0.25) is 10.0 Å². The molecule has 1 atom stereocenters. The fraction of sp³-hybridized carbons (Fsp3) is 0.619. The highest BCUT2D eigenvalue weighted by molar-refractivity contribution is 6.35. The number of hydrogen-bond donors (Lipinski definition) is 0. The second-order valence-electron chi connectivity index (χ2n) is 8.62. The minimum Gasteiger partial charge on any atom is -0.444 e. The van der Waals surface area contributed by atoms with Gasteiger partial charge in [-0.2, -0.15) is 0 Å². The molecule has 1 aliphatic carbocycles. The molecule has 0 aromatic heterocycles. The van der Waals surface area contributed by atoms with Crippen molar-refractivity contribution in [1.82, 2.24) is 9.80 Å². The van der Waals surface area contributed by atoms with Gasteiger partial charge in [0.25, 0.3) is 0 Å². The molecule has 0 spiro atoms. The number of nitrogens with zero attached hydrogens (tertiary/aromatic N) is 2. The molecule has 1 aliphatic heterocycles. The standard InChI is InChI=1S/C21H28Cl2N2O3/c1-21(2,3)28-20(27)24-11-5-4-6-18(24)19(26)25(16-9-10-16)13-14-7-8-15(22)12-17(14)23/h7-8,12,16,18H,4-6,9-11,13H2,1-3H3/t18-/m0/s1. The predicted octanol–water partition coefficient (Wildman–Crippen LogP) is 5.27. The molecule has 0 unspecified atom stereocenters. The first kappa shape index (κ1) is 21.3. The van der Waals surface area contributed by atoms with Gasteiger partial charge in [0, 0.05) is 29.2 Å². The minimum absolute atomic E-state index is 0.0147. The molecule has 3 rings (SSSR count). The van der Waals surface area contributed by atoms with Gasteiger partial charge in [0.15, 0.2) is 0 Å². The third-order valence-electron chi connectivity index (χ3n) is 5.04. The Hall–Kier alpha value is -1.46. The van der Waals surface area contributed by atoms with Crippen molar-refractivity contribution in [2.75, 3.05) is 6.54 Å². The van der Waals surface area contributed by atoms with E-state index in [1.165, 1.54) is 0 Å². The topological polar surface area (TPSA) is 49.9 Å². The molecule has 0 radical (unpaired) electrons. The van der Waals surface area contributed by atoms with Crippen LogP contribution < -0.4 is 0 Å². The zero-order valence-electron chi connectivity index (χ0n) is 16.7. The maximum atomic E-state index is 13.5. The summed E-state index contributed by atoms with van der Waals surface area (Å²) in [6, 6.07) is 5.07.